The Kier molecular flexibility index (Phi) is 3.69. The lowest BCUT2D eigenvalue weighted by molar-refractivity contribution is 0.121. The van der Waals surface area contributed by atoms with Crippen LogP contribution in [0.5, 0.6) is 0 Å². The fourth-order valence-corrected chi connectivity index (χ4v) is 3.07. The number of nitrogens with two attached hydrogens (primary N) is 1. The van der Waals surface area contributed by atoms with Gasteiger partial charge in [0.2, 0.25) is 0 Å². The Labute approximate surface area is 107 Å². The fourth-order valence-electron chi connectivity index (χ4n) is 3.07. The molecule has 1 aromatic carbocycles. The zero-order valence-corrected chi connectivity index (χ0v) is 10.9. The van der Waals surface area contributed by atoms with Crippen molar-refractivity contribution in [3.8, 4) is 0 Å². The third kappa shape index (κ3) is 2.15. The van der Waals surface area contributed by atoms with Crippen molar-refractivity contribution in [3.05, 3.63) is 35.4 Å². The topological polar surface area (TPSA) is 29.3 Å². The van der Waals surface area contributed by atoms with E-state index in [-0.39, 0.29) is 11.1 Å². The first-order valence-corrected chi connectivity index (χ1v) is 6.35. The minimum absolute atomic E-state index is 0.255. The molecule has 0 aromatic heterocycles. The maximum Gasteiger partial charge on any atom is 0.128 e. The van der Waals surface area contributed by atoms with Gasteiger partial charge in [0.1, 0.15) is 11.6 Å². The third-order valence-corrected chi connectivity index (χ3v) is 4.23. The van der Waals surface area contributed by atoms with E-state index >= 15 is 0 Å². The van der Waals surface area contributed by atoms with Gasteiger partial charge in [-0.05, 0) is 45.1 Å². The van der Waals surface area contributed by atoms with E-state index in [1.165, 1.54) is 6.07 Å². The lowest BCUT2D eigenvalue weighted by Gasteiger charge is -2.41. The molecule has 0 aliphatic heterocycles. The van der Waals surface area contributed by atoms with Gasteiger partial charge >= 0.3 is 0 Å². The Morgan fingerprint density at radius 3 is 2.39 bits per heavy atom. The van der Waals surface area contributed by atoms with Crippen molar-refractivity contribution < 1.29 is 8.78 Å². The second kappa shape index (κ2) is 4.94. The molecule has 1 aromatic rings. The van der Waals surface area contributed by atoms with E-state index < -0.39 is 17.7 Å². The molecule has 0 bridgehead atoms. The first kappa shape index (κ1) is 13.4. The third-order valence-electron chi connectivity index (χ3n) is 4.23. The minimum Gasteiger partial charge on any atom is -0.322 e. The van der Waals surface area contributed by atoms with Crippen molar-refractivity contribution in [1.29, 1.82) is 0 Å². The molecule has 1 unspecified atom stereocenters. The highest BCUT2D eigenvalue weighted by atomic mass is 19.1. The molecule has 1 fully saturated rings. The van der Waals surface area contributed by atoms with Gasteiger partial charge in [-0.15, -0.1) is 0 Å². The molecule has 4 heteroatoms. The zero-order valence-electron chi connectivity index (χ0n) is 10.9. The molecule has 0 saturated heterocycles. The van der Waals surface area contributed by atoms with E-state index in [0.29, 0.717) is 0 Å². The molecule has 2 rings (SSSR count). The van der Waals surface area contributed by atoms with Gasteiger partial charge in [0.15, 0.2) is 0 Å². The van der Waals surface area contributed by atoms with Crippen molar-refractivity contribution in [2.45, 2.75) is 37.3 Å². The number of benzene rings is 1. The average molecular weight is 254 g/mol. The molecule has 1 aliphatic carbocycles. The molecule has 0 radical (unpaired) electrons. The normalized spacial score (nSPS) is 20.3. The summed E-state index contributed by atoms with van der Waals surface area (Å²) in [6.07, 6.45) is 4.03. The second-order valence-electron chi connectivity index (χ2n) is 5.35. The summed E-state index contributed by atoms with van der Waals surface area (Å²) < 4.78 is 27.1. The van der Waals surface area contributed by atoms with Crippen molar-refractivity contribution in [3.63, 3.8) is 0 Å². The molecule has 0 heterocycles. The van der Waals surface area contributed by atoms with E-state index in [9.17, 15) is 8.78 Å². The van der Waals surface area contributed by atoms with Gasteiger partial charge in [-0.2, -0.15) is 0 Å². The molecule has 1 atom stereocenters. The van der Waals surface area contributed by atoms with E-state index in [4.69, 9.17) is 5.73 Å². The summed E-state index contributed by atoms with van der Waals surface area (Å²) >= 11 is 0. The van der Waals surface area contributed by atoms with Gasteiger partial charge in [0.05, 0.1) is 6.04 Å². The molecule has 1 aliphatic rings. The number of halogens is 2. The Morgan fingerprint density at radius 2 is 1.83 bits per heavy atom. The maximum absolute atomic E-state index is 13.8. The lowest BCUT2D eigenvalue weighted by Crippen LogP contribution is -2.50. The van der Waals surface area contributed by atoms with Crippen molar-refractivity contribution in [1.82, 2.24) is 4.90 Å². The van der Waals surface area contributed by atoms with Crippen LogP contribution in [-0.2, 0) is 0 Å². The minimum atomic E-state index is -0.495. The van der Waals surface area contributed by atoms with Crippen LogP contribution in [0.2, 0.25) is 0 Å². The summed E-state index contributed by atoms with van der Waals surface area (Å²) in [7, 11) is 3.92. The quantitative estimate of drug-likeness (QED) is 0.898. The number of nitrogens with zero attached hydrogens (tertiary/aromatic N) is 1. The SMILES string of the molecule is CN(C)C1(C(N)c2cc(F)ccc2F)CCCC1. The molecule has 0 spiro atoms. The molecule has 0 amide bonds. The molecule has 18 heavy (non-hydrogen) atoms. The van der Waals surface area contributed by atoms with E-state index in [2.05, 4.69) is 4.90 Å². The van der Waals surface area contributed by atoms with Gasteiger partial charge in [-0.1, -0.05) is 12.8 Å². The highest BCUT2D eigenvalue weighted by molar-refractivity contribution is 5.26. The first-order valence-electron chi connectivity index (χ1n) is 6.35. The standard InChI is InChI=1S/C14H20F2N2/c1-18(2)14(7-3-4-8-14)13(17)11-9-10(15)5-6-12(11)16/h5-6,9,13H,3-4,7-8,17H2,1-2H3. The van der Waals surface area contributed by atoms with Crippen molar-refractivity contribution in [2.24, 2.45) is 5.73 Å². The van der Waals surface area contributed by atoms with Crippen molar-refractivity contribution in [2.75, 3.05) is 14.1 Å². The number of rotatable bonds is 3. The van der Waals surface area contributed by atoms with Crippen LogP contribution in [0.15, 0.2) is 18.2 Å². The van der Waals surface area contributed by atoms with Gasteiger partial charge < -0.3 is 10.6 Å². The van der Waals surface area contributed by atoms with Gasteiger partial charge in [0.25, 0.3) is 0 Å². The zero-order chi connectivity index (χ0) is 13.3. The summed E-state index contributed by atoms with van der Waals surface area (Å²) in [6, 6.07) is 3.01. The molecule has 1 saturated carbocycles. The number of likely N-dealkylation sites (N-methyl/N-ethyl adjacent to an activating group) is 1. The highest BCUT2D eigenvalue weighted by Crippen LogP contribution is 2.42. The van der Waals surface area contributed by atoms with Gasteiger partial charge in [-0.25, -0.2) is 8.78 Å². The Balaban J connectivity index is 2.39. The summed E-state index contributed by atoms with van der Waals surface area (Å²) in [4.78, 5) is 2.06. The molecular weight excluding hydrogens is 234 g/mol. The van der Waals surface area contributed by atoms with Crippen LogP contribution in [0, 0.1) is 11.6 Å². The number of hydrogen-bond acceptors (Lipinski definition) is 2. The monoisotopic (exact) mass is 254 g/mol. The highest BCUT2D eigenvalue weighted by Gasteiger charge is 2.43. The van der Waals surface area contributed by atoms with Crippen LogP contribution in [-0.4, -0.2) is 24.5 Å². The van der Waals surface area contributed by atoms with E-state index in [0.717, 1.165) is 37.8 Å². The van der Waals surface area contributed by atoms with Crippen LogP contribution in [0.4, 0.5) is 8.78 Å². The Hall–Kier alpha value is -1.00. The predicted octanol–water partition coefficient (Wildman–Crippen LogP) is 2.84. The first-order chi connectivity index (χ1) is 8.47. The molecular formula is C14H20F2N2. The van der Waals surface area contributed by atoms with Crippen LogP contribution >= 0.6 is 0 Å². The van der Waals surface area contributed by atoms with Gasteiger partial charge in [0, 0.05) is 11.1 Å². The average Bonchev–Trinajstić information content (AvgIpc) is 2.82. The molecule has 100 valence electrons. The summed E-state index contributed by atoms with van der Waals surface area (Å²) in [5.41, 5.74) is 6.29. The maximum atomic E-state index is 13.8. The van der Waals surface area contributed by atoms with E-state index in [1.807, 2.05) is 14.1 Å². The van der Waals surface area contributed by atoms with Crippen LogP contribution in [0.25, 0.3) is 0 Å². The second-order valence-corrected chi connectivity index (χ2v) is 5.35. The van der Waals surface area contributed by atoms with Crippen molar-refractivity contribution >= 4 is 0 Å². The fraction of sp³-hybridized carbons (Fsp3) is 0.571. The van der Waals surface area contributed by atoms with Crippen LogP contribution in [0.1, 0.15) is 37.3 Å². The summed E-state index contributed by atoms with van der Waals surface area (Å²) in [6.45, 7) is 0. The van der Waals surface area contributed by atoms with Gasteiger partial charge in [-0.3, -0.25) is 0 Å². The van der Waals surface area contributed by atoms with Crippen LogP contribution < -0.4 is 5.73 Å². The van der Waals surface area contributed by atoms with E-state index in [1.54, 1.807) is 0 Å². The Morgan fingerprint density at radius 1 is 1.22 bits per heavy atom. The Bertz CT molecular complexity index is 426. The van der Waals surface area contributed by atoms with Crippen LogP contribution in [0.3, 0.4) is 0 Å². The summed E-state index contributed by atoms with van der Waals surface area (Å²) in [5, 5.41) is 0. The molecule has 2 nitrogen and oxygen atoms in total. The lowest BCUT2D eigenvalue weighted by atomic mass is 9.83. The largest absolute Gasteiger partial charge is 0.322 e. The molecule has 2 N–H and O–H groups in total. The smallest absolute Gasteiger partial charge is 0.128 e. The number of hydrogen-bond donors (Lipinski definition) is 1. The summed E-state index contributed by atoms with van der Waals surface area (Å²) in [5.74, 6) is -0.856. The predicted molar refractivity (Wildman–Crippen MR) is 68.2 cm³/mol.